The highest BCUT2D eigenvalue weighted by Crippen LogP contribution is 2.16. The van der Waals surface area contributed by atoms with Gasteiger partial charge in [0.15, 0.2) is 0 Å². The number of ether oxygens (including phenoxy) is 2. The lowest BCUT2D eigenvalue weighted by Gasteiger charge is -2.17. The van der Waals surface area contributed by atoms with Gasteiger partial charge in [-0.05, 0) is 20.8 Å². The Morgan fingerprint density at radius 1 is 1.33 bits per heavy atom. The van der Waals surface area contributed by atoms with Crippen LogP contribution in [0.2, 0.25) is 0 Å². The third-order valence-electron chi connectivity index (χ3n) is 2.16. The van der Waals surface area contributed by atoms with Crippen LogP contribution < -0.4 is 9.64 Å². The summed E-state index contributed by atoms with van der Waals surface area (Å²) in [5.41, 5.74) is 0. The molecule has 18 heavy (non-hydrogen) atoms. The summed E-state index contributed by atoms with van der Waals surface area (Å²) in [6.45, 7) is 6.51. The van der Waals surface area contributed by atoms with Crippen LogP contribution in [0.25, 0.3) is 0 Å². The topological polar surface area (TPSA) is 64.5 Å². The predicted molar refractivity (Wildman–Crippen MR) is 67.8 cm³/mol. The molecule has 0 aliphatic carbocycles. The molecule has 1 aromatic heterocycles. The summed E-state index contributed by atoms with van der Waals surface area (Å²) in [7, 11) is 1.77. The smallest absolute Gasteiger partial charge is 0.325 e. The fourth-order valence-corrected chi connectivity index (χ4v) is 1.42. The van der Waals surface area contributed by atoms with Gasteiger partial charge in [0.2, 0.25) is 5.88 Å². The Morgan fingerprint density at radius 2 is 2.06 bits per heavy atom. The van der Waals surface area contributed by atoms with Crippen molar-refractivity contribution < 1.29 is 14.3 Å². The summed E-state index contributed by atoms with van der Waals surface area (Å²) in [6, 6.07) is 1.70. The van der Waals surface area contributed by atoms with Crippen LogP contribution in [-0.2, 0) is 9.53 Å². The second-order valence-electron chi connectivity index (χ2n) is 3.71. The Labute approximate surface area is 107 Å². The number of hydrogen-bond acceptors (Lipinski definition) is 6. The van der Waals surface area contributed by atoms with Crippen LogP contribution >= 0.6 is 0 Å². The normalized spacial score (nSPS) is 10.0. The van der Waals surface area contributed by atoms with E-state index in [1.807, 2.05) is 6.92 Å². The zero-order valence-corrected chi connectivity index (χ0v) is 11.3. The quantitative estimate of drug-likeness (QED) is 0.709. The molecule has 6 nitrogen and oxygen atoms in total. The summed E-state index contributed by atoms with van der Waals surface area (Å²) < 4.78 is 10.2. The summed E-state index contributed by atoms with van der Waals surface area (Å²) in [5, 5.41) is 0. The molecular formula is C12H19N3O3. The van der Waals surface area contributed by atoms with Crippen molar-refractivity contribution in [2.75, 3.05) is 31.7 Å². The molecule has 0 fully saturated rings. The zero-order chi connectivity index (χ0) is 13.5. The van der Waals surface area contributed by atoms with Crippen LogP contribution in [0.5, 0.6) is 5.88 Å². The number of anilines is 1. The van der Waals surface area contributed by atoms with Crippen molar-refractivity contribution in [1.82, 2.24) is 9.97 Å². The monoisotopic (exact) mass is 253 g/mol. The maximum Gasteiger partial charge on any atom is 0.325 e. The number of carbonyl (C=O) groups excluding carboxylic acids is 1. The molecule has 6 heteroatoms. The third-order valence-corrected chi connectivity index (χ3v) is 2.16. The minimum Gasteiger partial charge on any atom is -0.478 e. The fourth-order valence-electron chi connectivity index (χ4n) is 1.42. The Morgan fingerprint density at radius 3 is 2.67 bits per heavy atom. The largest absolute Gasteiger partial charge is 0.478 e. The van der Waals surface area contributed by atoms with Crippen LogP contribution in [0.15, 0.2) is 6.07 Å². The fraction of sp³-hybridized carbons (Fsp3) is 0.583. The average molecular weight is 253 g/mol. The summed E-state index contributed by atoms with van der Waals surface area (Å²) in [5.74, 6) is 1.47. The molecule has 0 amide bonds. The highest BCUT2D eigenvalue weighted by molar-refractivity contribution is 5.75. The first-order valence-electron chi connectivity index (χ1n) is 5.92. The molecule has 0 aromatic carbocycles. The maximum absolute atomic E-state index is 11.4. The zero-order valence-electron chi connectivity index (χ0n) is 11.3. The van der Waals surface area contributed by atoms with Gasteiger partial charge in [-0.1, -0.05) is 0 Å². The van der Waals surface area contributed by atoms with E-state index in [0.717, 1.165) is 0 Å². The molecule has 0 aliphatic rings. The Hall–Kier alpha value is -1.85. The van der Waals surface area contributed by atoms with Gasteiger partial charge in [0.1, 0.15) is 18.2 Å². The number of aryl methyl sites for hydroxylation is 1. The van der Waals surface area contributed by atoms with Crippen LogP contribution in [0.1, 0.15) is 19.7 Å². The SMILES string of the molecule is CCOC(=O)CN(C)c1cc(OCC)nc(C)n1. The van der Waals surface area contributed by atoms with E-state index >= 15 is 0 Å². The second-order valence-corrected chi connectivity index (χ2v) is 3.71. The molecule has 0 aliphatic heterocycles. The second kappa shape index (κ2) is 6.78. The van der Waals surface area contributed by atoms with Gasteiger partial charge in [0, 0.05) is 13.1 Å². The van der Waals surface area contributed by atoms with Crippen molar-refractivity contribution in [1.29, 1.82) is 0 Å². The van der Waals surface area contributed by atoms with E-state index in [4.69, 9.17) is 9.47 Å². The lowest BCUT2D eigenvalue weighted by Crippen LogP contribution is -2.28. The van der Waals surface area contributed by atoms with Crippen LogP contribution in [-0.4, -0.2) is 42.7 Å². The van der Waals surface area contributed by atoms with Crippen molar-refractivity contribution >= 4 is 11.8 Å². The van der Waals surface area contributed by atoms with Crippen LogP contribution in [0.3, 0.4) is 0 Å². The van der Waals surface area contributed by atoms with Gasteiger partial charge in [0.25, 0.3) is 0 Å². The molecule has 1 heterocycles. The lowest BCUT2D eigenvalue weighted by atomic mass is 10.4. The third kappa shape index (κ3) is 4.20. The lowest BCUT2D eigenvalue weighted by molar-refractivity contribution is -0.141. The number of likely N-dealkylation sites (N-methyl/N-ethyl adjacent to an activating group) is 1. The first kappa shape index (κ1) is 14.2. The number of carbonyl (C=O) groups is 1. The van der Waals surface area contributed by atoms with E-state index in [2.05, 4.69) is 9.97 Å². The summed E-state index contributed by atoms with van der Waals surface area (Å²) >= 11 is 0. The van der Waals surface area contributed by atoms with E-state index in [1.54, 1.807) is 31.9 Å². The molecule has 1 aromatic rings. The number of aromatic nitrogens is 2. The van der Waals surface area contributed by atoms with Crippen molar-refractivity contribution in [3.05, 3.63) is 11.9 Å². The van der Waals surface area contributed by atoms with Gasteiger partial charge in [-0.2, -0.15) is 4.98 Å². The van der Waals surface area contributed by atoms with E-state index < -0.39 is 0 Å². The molecule has 1 rings (SSSR count). The standard InChI is InChI=1S/C12H19N3O3/c1-5-17-11-7-10(13-9(3)14-11)15(4)8-12(16)18-6-2/h7H,5-6,8H2,1-4H3. The molecular weight excluding hydrogens is 234 g/mol. The Kier molecular flexibility index (Phi) is 5.35. The Bertz CT molecular complexity index is 410. The van der Waals surface area contributed by atoms with Gasteiger partial charge in [-0.15, -0.1) is 0 Å². The van der Waals surface area contributed by atoms with Gasteiger partial charge in [0.05, 0.1) is 13.2 Å². The number of nitrogens with zero attached hydrogens (tertiary/aromatic N) is 3. The minimum atomic E-state index is -0.283. The van der Waals surface area contributed by atoms with Crippen LogP contribution in [0, 0.1) is 6.92 Å². The van der Waals surface area contributed by atoms with E-state index in [0.29, 0.717) is 30.7 Å². The Balaban J connectivity index is 2.78. The van der Waals surface area contributed by atoms with E-state index in [9.17, 15) is 4.79 Å². The molecule has 0 atom stereocenters. The van der Waals surface area contributed by atoms with Crippen molar-refractivity contribution in [2.45, 2.75) is 20.8 Å². The van der Waals surface area contributed by atoms with Gasteiger partial charge >= 0.3 is 5.97 Å². The van der Waals surface area contributed by atoms with Crippen molar-refractivity contribution in [2.24, 2.45) is 0 Å². The van der Waals surface area contributed by atoms with Crippen molar-refractivity contribution in [3.8, 4) is 5.88 Å². The van der Waals surface area contributed by atoms with Gasteiger partial charge in [-0.25, -0.2) is 4.98 Å². The minimum absolute atomic E-state index is 0.149. The molecule has 100 valence electrons. The highest BCUT2D eigenvalue weighted by atomic mass is 16.5. The van der Waals surface area contributed by atoms with E-state index in [-0.39, 0.29) is 12.5 Å². The number of esters is 1. The first-order chi connectivity index (χ1) is 8.56. The van der Waals surface area contributed by atoms with Crippen LogP contribution in [0.4, 0.5) is 5.82 Å². The molecule has 0 unspecified atom stereocenters. The van der Waals surface area contributed by atoms with E-state index in [1.165, 1.54) is 0 Å². The maximum atomic E-state index is 11.4. The summed E-state index contributed by atoms with van der Waals surface area (Å²) in [6.07, 6.45) is 0. The molecule has 0 bridgehead atoms. The number of hydrogen-bond donors (Lipinski definition) is 0. The molecule has 0 radical (unpaired) electrons. The van der Waals surface area contributed by atoms with Gasteiger partial charge < -0.3 is 14.4 Å². The molecule has 0 N–H and O–H groups in total. The van der Waals surface area contributed by atoms with Gasteiger partial charge in [-0.3, -0.25) is 4.79 Å². The average Bonchev–Trinajstić information content (AvgIpc) is 2.28. The highest BCUT2D eigenvalue weighted by Gasteiger charge is 2.11. The first-order valence-corrected chi connectivity index (χ1v) is 5.92. The molecule has 0 spiro atoms. The molecule has 0 saturated heterocycles. The number of rotatable bonds is 6. The molecule has 0 saturated carbocycles. The predicted octanol–water partition coefficient (Wildman–Crippen LogP) is 1.18. The summed E-state index contributed by atoms with van der Waals surface area (Å²) in [4.78, 5) is 21.5. The van der Waals surface area contributed by atoms with Crippen molar-refractivity contribution in [3.63, 3.8) is 0 Å².